The van der Waals surface area contributed by atoms with Crippen molar-refractivity contribution in [3.05, 3.63) is 35.9 Å². The first kappa shape index (κ1) is 14.6. The molecule has 0 saturated heterocycles. The summed E-state index contributed by atoms with van der Waals surface area (Å²) in [4.78, 5) is 0. The summed E-state index contributed by atoms with van der Waals surface area (Å²) in [6.07, 6.45) is 9.35. The van der Waals surface area contributed by atoms with Gasteiger partial charge in [-0.05, 0) is 37.8 Å². The highest BCUT2D eigenvalue weighted by atomic mass is 14.9. The summed E-state index contributed by atoms with van der Waals surface area (Å²) in [7, 11) is 0. The molecular weight excluding hydrogens is 230 g/mol. The van der Waals surface area contributed by atoms with E-state index in [4.69, 9.17) is 0 Å². The summed E-state index contributed by atoms with van der Waals surface area (Å²) in [5, 5.41) is 3.83. The first-order valence-corrected chi connectivity index (χ1v) is 8.12. The van der Waals surface area contributed by atoms with Gasteiger partial charge in [0.2, 0.25) is 0 Å². The van der Waals surface area contributed by atoms with Crippen LogP contribution in [0.15, 0.2) is 30.3 Å². The maximum absolute atomic E-state index is 3.83. The summed E-state index contributed by atoms with van der Waals surface area (Å²) in [5.41, 5.74) is 1.94. The van der Waals surface area contributed by atoms with Crippen LogP contribution in [0.5, 0.6) is 0 Å². The maximum atomic E-state index is 3.83. The number of hydrogen-bond acceptors (Lipinski definition) is 1. The van der Waals surface area contributed by atoms with Gasteiger partial charge in [-0.1, -0.05) is 63.4 Å². The van der Waals surface area contributed by atoms with Gasteiger partial charge in [0.05, 0.1) is 0 Å². The molecule has 1 unspecified atom stereocenters. The summed E-state index contributed by atoms with van der Waals surface area (Å²) in [6.45, 7) is 5.75. The highest BCUT2D eigenvalue weighted by molar-refractivity contribution is 5.28. The Bertz CT molecular complexity index is 351. The topological polar surface area (TPSA) is 12.0 Å². The molecule has 1 saturated carbocycles. The highest BCUT2D eigenvalue weighted by Gasteiger charge is 2.39. The van der Waals surface area contributed by atoms with E-state index in [0.717, 1.165) is 6.54 Å². The second-order valence-corrected chi connectivity index (χ2v) is 6.00. The van der Waals surface area contributed by atoms with Gasteiger partial charge in [-0.3, -0.25) is 0 Å². The van der Waals surface area contributed by atoms with E-state index in [9.17, 15) is 0 Å². The average Bonchev–Trinajstić information content (AvgIpc) is 2.50. The Hall–Kier alpha value is -0.820. The van der Waals surface area contributed by atoms with E-state index in [-0.39, 0.29) is 0 Å². The van der Waals surface area contributed by atoms with Gasteiger partial charge in [-0.2, -0.15) is 0 Å². The van der Waals surface area contributed by atoms with Crippen LogP contribution >= 0.6 is 0 Å². The van der Waals surface area contributed by atoms with Crippen molar-refractivity contribution in [3.8, 4) is 0 Å². The molecule has 1 atom stereocenters. The fourth-order valence-electron chi connectivity index (χ4n) is 3.84. The van der Waals surface area contributed by atoms with Crippen LogP contribution in [0.3, 0.4) is 0 Å². The van der Waals surface area contributed by atoms with Crippen molar-refractivity contribution in [1.29, 1.82) is 0 Å². The first-order chi connectivity index (χ1) is 9.33. The van der Waals surface area contributed by atoms with Crippen LogP contribution in [-0.2, 0) is 5.41 Å². The number of nitrogens with one attached hydrogen (secondary N) is 1. The van der Waals surface area contributed by atoms with E-state index in [2.05, 4.69) is 49.5 Å². The lowest BCUT2D eigenvalue weighted by molar-refractivity contribution is 0.207. The predicted octanol–water partition coefficient (Wildman–Crippen LogP) is 4.67. The van der Waals surface area contributed by atoms with E-state index >= 15 is 0 Å². The van der Waals surface area contributed by atoms with Crippen molar-refractivity contribution >= 4 is 0 Å². The Morgan fingerprint density at radius 1 is 1.05 bits per heavy atom. The fourth-order valence-corrected chi connectivity index (χ4v) is 3.84. The molecule has 0 aromatic heterocycles. The largest absolute Gasteiger partial charge is 0.313 e. The third-order valence-electron chi connectivity index (χ3n) is 4.81. The van der Waals surface area contributed by atoms with Crippen LogP contribution in [0.2, 0.25) is 0 Å². The second kappa shape index (κ2) is 7.09. The molecule has 2 rings (SSSR count). The quantitative estimate of drug-likeness (QED) is 0.783. The predicted molar refractivity (Wildman–Crippen MR) is 83.6 cm³/mol. The molecule has 1 N–H and O–H groups in total. The molecule has 0 aliphatic heterocycles. The summed E-state index contributed by atoms with van der Waals surface area (Å²) in [5.74, 6) is 0. The van der Waals surface area contributed by atoms with Gasteiger partial charge in [0.25, 0.3) is 0 Å². The molecule has 1 aliphatic rings. The zero-order valence-corrected chi connectivity index (χ0v) is 12.6. The molecule has 1 fully saturated rings. The molecule has 1 aromatic carbocycles. The van der Waals surface area contributed by atoms with Crippen LogP contribution in [0.4, 0.5) is 0 Å². The summed E-state index contributed by atoms with van der Waals surface area (Å²) < 4.78 is 0. The van der Waals surface area contributed by atoms with Crippen molar-refractivity contribution in [3.63, 3.8) is 0 Å². The SMILES string of the molecule is CCCNC(CC)C1(c2ccccc2)CCCCC1. The smallest absolute Gasteiger partial charge is 0.0161 e. The fraction of sp³-hybridized carbons (Fsp3) is 0.667. The zero-order valence-electron chi connectivity index (χ0n) is 12.6. The van der Waals surface area contributed by atoms with Gasteiger partial charge in [0, 0.05) is 11.5 Å². The molecule has 0 radical (unpaired) electrons. The van der Waals surface area contributed by atoms with Gasteiger partial charge in [-0.15, -0.1) is 0 Å². The Balaban J connectivity index is 2.27. The Labute approximate surface area is 118 Å². The lowest BCUT2D eigenvalue weighted by Crippen LogP contribution is -2.49. The Kier molecular flexibility index (Phi) is 5.45. The molecular formula is C18H29N. The molecule has 1 aliphatic carbocycles. The van der Waals surface area contributed by atoms with Crippen LogP contribution in [-0.4, -0.2) is 12.6 Å². The van der Waals surface area contributed by atoms with Crippen molar-refractivity contribution in [1.82, 2.24) is 5.32 Å². The van der Waals surface area contributed by atoms with E-state index in [1.165, 1.54) is 44.9 Å². The van der Waals surface area contributed by atoms with Crippen LogP contribution in [0.1, 0.15) is 64.4 Å². The van der Waals surface area contributed by atoms with Gasteiger partial charge in [-0.25, -0.2) is 0 Å². The lowest BCUT2D eigenvalue weighted by Gasteiger charge is -2.44. The number of benzene rings is 1. The Morgan fingerprint density at radius 3 is 2.32 bits per heavy atom. The molecule has 0 spiro atoms. The molecule has 0 heterocycles. The third-order valence-corrected chi connectivity index (χ3v) is 4.81. The van der Waals surface area contributed by atoms with E-state index in [1.54, 1.807) is 5.56 Å². The Morgan fingerprint density at radius 2 is 1.74 bits per heavy atom. The summed E-state index contributed by atoms with van der Waals surface area (Å²) in [6, 6.07) is 11.9. The van der Waals surface area contributed by atoms with E-state index in [0.29, 0.717) is 11.5 Å². The van der Waals surface area contributed by atoms with E-state index in [1.807, 2.05) is 0 Å². The van der Waals surface area contributed by atoms with Crippen molar-refractivity contribution in [2.75, 3.05) is 6.54 Å². The molecule has 1 aromatic rings. The van der Waals surface area contributed by atoms with Crippen LogP contribution < -0.4 is 5.32 Å². The highest BCUT2D eigenvalue weighted by Crippen LogP contribution is 2.43. The molecule has 0 bridgehead atoms. The van der Waals surface area contributed by atoms with Gasteiger partial charge in [0.15, 0.2) is 0 Å². The first-order valence-electron chi connectivity index (χ1n) is 8.12. The second-order valence-electron chi connectivity index (χ2n) is 6.00. The van der Waals surface area contributed by atoms with Crippen LogP contribution in [0, 0.1) is 0 Å². The standard InChI is InChI=1S/C18H29N/c1-3-15-19-17(4-2)18(13-9-6-10-14-18)16-11-7-5-8-12-16/h5,7-8,11-12,17,19H,3-4,6,9-10,13-15H2,1-2H3. The van der Waals surface area contributed by atoms with Gasteiger partial charge in [0.1, 0.15) is 0 Å². The van der Waals surface area contributed by atoms with Gasteiger partial charge >= 0.3 is 0 Å². The minimum absolute atomic E-state index is 0.378. The van der Waals surface area contributed by atoms with Crippen molar-refractivity contribution in [2.24, 2.45) is 0 Å². The van der Waals surface area contributed by atoms with Gasteiger partial charge < -0.3 is 5.32 Å². The molecule has 1 heteroatoms. The molecule has 0 amide bonds. The molecule has 106 valence electrons. The average molecular weight is 259 g/mol. The lowest BCUT2D eigenvalue weighted by atomic mass is 9.64. The van der Waals surface area contributed by atoms with Crippen molar-refractivity contribution in [2.45, 2.75) is 70.3 Å². The minimum Gasteiger partial charge on any atom is -0.313 e. The minimum atomic E-state index is 0.378. The number of rotatable bonds is 6. The molecule has 19 heavy (non-hydrogen) atoms. The number of hydrogen-bond donors (Lipinski definition) is 1. The normalized spacial score (nSPS) is 20.1. The third kappa shape index (κ3) is 3.20. The monoisotopic (exact) mass is 259 g/mol. The molecule has 1 nitrogen and oxygen atoms in total. The van der Waals surface area contributed by atoms with Crippen molar-refractivity contribution < 1.29 is 0 Å². The van der Waals surface area contributed by atoms with Crippen LogP contribution in [0.25, 0.3) is 0 Å². The van der Waals surface area contributed by atoms with E-state index < -0.39 is 0 Å². The maximum Gasteiger partial charge on any atom is 0.0161 e. The zero-order chi connectivity index (χ0) is 13.6. The summed E-state index contributed by atoms with van der Waals surface area (Å²) >= 11 is 0.